The van der Waals surface area contributed by atoms with Crippen LogP contribution in [-0.4, -0.2) is 11.3 Å². The van der Waals surface area contributed by atoms with Gasteiger partial charge < -0.3 is 4.79 Å². The summed E-state index contributed by atoms with van der Waals surface area (Å²) >= 11 is 0. The fraction of sp³-hybridized carbons (Fsp3) is 0.250. The molecule has 1 atom stereocenters. The van der Waals surface area contributed by atoms with Gasteiger partial charge in [0.1, 0.15) is 6.29 Å². The third-order valence-electron chi connectivity index (χ3n) is 3.23. The van der Waals surface area contributed by atoms with Crippen molar-refractivity contribution in [3.63, 3.8) is 0 Å². The van der Waals surface area contributed by atoms with Gasteiger partial charge in [0, 0.05) is 12.4 Å². The smallest absolute Gasteiger partial charge is 0.130 e. The van der Waals surface area contributed by atoms with E-state index >= 15 is 0 Å². The Balaban J connectivity index is 2.34. The number of pyridine rings is 1. The highest BCUT2D eigenvalue weighted by atomic mass is 16.1. The van der Waals surface area contributed by atoms with Crippen LogP contribution in [0, 0.1) is 6.92 Å². The maximum atomic E-state index is 11.5. The highest BCUT2D eigenvalue weighted by molar-refractivity contribution is 5.68. The molecule has 0 aliphatic carbocycles. The van der Waals surface area contributed by atoms with E-state index in [0.717, 1.165) is 17.4 Å². The second-order valence-corrected chi connectivity index (χ2v) is 4.94. The molecule has 0 fully saturated rings. The van der Waals surface area contributed by atoms with Crippen LogP contribution in [0.5, 0.6) is 0 Å². The van der Waals surface area contributed by atoms with Crippen LogP contribution in [0.3, 0.4) is 0 Å². The van der Waals surface area contributed by atoms with Crippen LogP contribution in [0.2, 0.25) is 0 Å². The lowest BCUT2D eigenvalue weighted by molar-refractivity contribution is -0.112. The Morgan fingerprint density at radius 3 is 2.72 bits per heavy atom. The summed E-state index contributed by atoms with van der Waals surface area (Å²) in [5.74, 6) is 0. The van der Waals surface area contributed by atoms with Crippen LogP contribution in [0.15, 0.2) is 48.8 Å². The summed E-state index contributed by atoms with van der Waals surface area (Å²) in [5.41, 5.74) is 2.82. The number of aryl methyl sites for hydroxylation is 1. The highest BCUT2D eigenvalue weighted by Gasteiger charge is 2.26. The van der Waals surface area contributed by atoms with Gasteiger partial charge in [-0.15, -0.1) is 0 Å². The highest BCUT2D eigenvalue weighted by Crippen LogP contribution is 2.26. The lowest BCUT2D eigenvalue weighted by Gasteiger charge is -2.24. The maximum Gasteiger partial charge on any atom is 0.130 e. The topological polar surface area (TPSA) is 30.0 Å². The summed E-state index contributed by atoms with van der Waals surface area (Å²) in [6, 6.07) is 12.0. The molecule has 0 saturated carbocycles. The van der Waals surface area contributed by atoms with Crippen molar-refractivity contribution in [1.82, 2.24) is 4.98 Å². The minimum Gasteiger partial charge on any atom is -0.302 e. The van der Waals surface area contributed by atoms with Gasteiger partial charge in [0.25, 0.3) is 0 Å². The Morgan fingerprint density at radius 2 is 2.11 bits per heavy atom. The first kappa shape index (κ1) is 12.5. The van der Waals surface area contributed by atoms with E-state index in [9.17, 15) is 4.79 Å². The quantitative estimate of drug-likeness (QED) is 0.767. The van der Waals surface area contributed by atoms with Gasteiger partial charge in [-0.3, -0.25) is 4.98 Å². The molecule has 0 spiro atoms. The molecule has 1 aromatic carbocycles. The largest absolute Gasteiger partial charge is 0.302 e. The number of hydrogen-bond acceptors (Lipinski definition) is 2. The zero-order valence-electron chi connectivity index (χ0n) is 10.8. The minimum atomic E-state index is -0.491. The molecule has 92 valence electrons. The SMILES string of the molecule is Cc1cccc(C(C)(C=O)Cc2cccnc2)c1. The predicted molar refractivity (Wildman–Crippen MR) is 72.5 cm³/mol. The van der Waals surface area contributed by atoms with Crippen molar-refractivity contribution in [3.8, 4) is 0 Å². The van der Waals surface area contributed by atoms with Gasteiger partial charge in [0.15, 0.2) is 0 Å². The number of carbonyl (C=O) groups excluding carboxylic acids is 1. The van der Waals surface area contributed by atoms with Gasteiger partial charge >= 0.3 is 0 Å². The summed E-state index contributed by atoms with van der Waals surface area (Å²) in [7, 11) is 0. The van der Waals surface area contributed by atoms with Crippen molar-refractivity contribution in [3.05, 3.63) is 65.5 Å². The third-order valence-corrected chi connectivity index (χ3v) is 3.23. The Labute approximate surface area is 108 Å². The molecule has 2 rings (SSSR count). The zero-order valence-corrected chi connectivity index (χ0v) is 10.8. The van der Waals surface area contributed by atoms with Crippen molar-refractivity contribution in [2.45, 2.75) is 25.7 Å². The second-order valence-electron chi connectivity index (χ2n) is 4.94. The molecule has 1 aromatic heterocycles. The number of carbonyl (C=O) groups is 1. The van der Waals surface area contributed by atoms with E-state index in [1.54, 1.807) is 6.20 Å². The number of nitrogens with zero attached hydrogens (tertiary/aromatic N) is 1. The number of aldehydes is 1. The average Bonchev–Trinajstić information content (AvgIpc) is 2.40. The number of aromatic nitrogens is 1. The van der Waals surface area contributed by atoms with Gasteiger partial charge in [0.2, 0.25) is 0 Å². The van der Waals surface area contributed by atoms with E-state index in [1.807, 2.05) is 50.4 Å². The molecule has 2 heteroatoms. The Bertz CT molecular complexity index is 536. The monoisotopic (exact) mass is 239 g/mol. The molecule has 0 saturated heterocycles. The summed E-state index contributed by atoms with van der Waals surface area (Å²) in [5, 5.41) is 0. The number of hydrogen-bond donors (Lipinski definition) is 0. The fourth-order valence-corrected chi connectivity index (χ4v) is 2.14. The van der Waals surface area contributed by atoms with Crippen LogP contribution in [0.1, 0.15) is 23.6 Å². The van der Waals surface area contributed by atoms with Crippen molar-refractivity contribution < 1.29 is 4.79 Å². The zero-order chi connectivity index (χ0) is 13.0. The lowest BCUT2D eigenvalue weighted by atomic mass is 9.78. The summed E-state index contributed by atoms with van der Waals surface area (Å²) in [6.07, 6.45) is 5.27. The molecular formula is C16H17NO. The van der Waals surface area contributed by atoms with Gasteiger partial charge in [-0.05, 0) is 37.5 Å². The van der Waals surface area contributed by atoms with E-state index in [0.29, 0.717) is 6.42 Å². The van der Waals surface area contributed by atoms with E-state index in [4.69, 9.17) is 0 Å². The van der Waals surface area contributed by atoms with Gasteiger partial charge in [-0.1, -0.05) is 35.9 Å². The van der Waals surface area contributed by atoms with Gasteiger partial charge in [-0.2, -0.15) is 0 Å². The van der Waals surface area contributed by atoms with E-state index in [-0.39, 0.29) is 0 Å². The van der Waals surface area contributed by atoms with Crippen LogP contribution < -0.4 is 0 Å². The van der Waals surface area contributed by atoms with Gasteiger partial charge in [-0.25, -0.2) is 0 Å². The van der Waals surface area contributed by atoms with E-state index in [2.05, 4.69) is 11.1 Å². The third kappa shape index (κ3) is 2.65. The first-order chi connectivity index (χ1) is 8.64. The molecule has 18 heavy (non-hydrogen) atoms. The van der Waals surface area contributed by atoms with E-state index < -0.39 is 5.41 Å². The molecule has 0 aliphatic heterocycles. The van der Waals surface area contributed by atoms with Crippen molar-refractivity contribution in [2.24, 2.45) is 0 Å². The fourth-order valence-electron chi connectivity index (χ4n) is 2.14. The molecule has 2 nitrogen and oxygen atoms in total. The molecule has 0 amide bonds. The molecule has 0 N–H and O–H groups in total. The molecule has 1 heterocycles. The molecule has 2 aromatic rings. The van der Waals surface area contributed by atoms with Crippen LogP contribution in [0.25, 0.3) is 0 Å². The predicted octanol–water partition coefficient (Wildman–Crippen LogP) is 3.09. The van der Waals surface area contributed by atoms with Crippen molar-refractivity contribution >= 4 is 6.29 Å². The van der Waals surface area contributed by atoms with Crippen LogP contribution in [0.4, 0.5) is 0 Å². The van der Waals surface area contributed by atoms with E-state index in [1.165, 1.54) is 5.56 Å². The molecular weight excluding hydrogens is 222 g/mol. The first-order valence-corrected chi connectivity index (χ1v) is 6.06. The Hall–Kier alpha value is -1.96. The maximum absolute atomic E-state index is 11.5. The number of benzene rings is 1. The molecule has 0 aliphatic rings. The van der Waals surface area contributed by atoms with Crippen LogP contribution >= 0.6 is 0 Å². The second kappa shape index (κ2) is 5.13. The lowest BCUT2D eigenvalue weighted by Crippen LogP contribution is -2.27. The Kier molecular flexibility index (Phi) is 3.56. The summed E-state index contributed by atoms with van der Waals surface area (Å²) in [4.78, 5) is 15.6. The average molecular weight is 239 g/mol. The summed E-state index contributed by atoms with van der Waals surface area (Å²) < 4.78 is 0. The first-order valence-electron chi connectivity index (χ1n) is 6.06. The normalized spacial score (nSPS) is 13.9. The summed E-state index contributed by atoms with van der Waals surface area (Å²) in [6.45, 7) is 4.01. The van der Waals surface area contributed by atoms with Gasteiger partial charge in [0.05, 0.1) is 5.41 Å². The molecule has 0 bridgehead atoms. The Morgan fingerprint density at radius 1 is 1.28 bits per heavy atom. The van der Waals surface area contributed by atoms with Crippen molar-refractivity contribution in [2.75, 3.05) is 0 Å². The minimum absolute atomic E-state index is 0.491. The standard InChI is InChI=1S/C16H17NO/c1-13-5-3-7-15(9-13)16(2,12-18)10-14-6-4-8-17-11-14/h3-9,11-12H,10H2,1-2H3. The molecule has 0 radical (unpaired) electrons. The van der Waals surface area contributed by atoms with Crippen LogP contribution in [-0.2, 0) is 16.6 Å². The number of rotatable bonds is 4. The molecule has 1 unspecified atom stereocenters. The van der Waals surface area contributed by atoms with Crippen molar-refractivity contribution in [1.29, 1.82) is 0 Å².